The maximum atomic E-state index is 12.2. The molecule has 0 saturated heterocycles. The summed E-state index contributed by atoms with van der Waals surface area (Å²) in [7, 11) is 0. The van der Waals surface area contributed by atoms with E-state index in [9.17, 15) is 4.79 Å². The number of aromatic nitrogens is 2. The monoisotopic (exact) mass is 330 g/mol. The normalized spacial score (nSPS) is 11.8. The van der Waals surface area contributed by atoms with E-state index in [1.54, 1.807) is 6.20 Å². The molecule has 0 unspecified atom stereocenters. The lowest BCUT2D eigenvalue weighted by atomic mass is 10.2. The molecular weight excluding hydrogens is 304 g/mol. The first-order chi connectivity index (χ1) is 11.6. The van der Waals surface area contributed by atoms with E-state index in [1.165, 1.54) is 0 Å². The van der Waals surface area contributed by atoms with E-state index in [1.807, 2.05) is 42.0 Å². The number of nitrogens with one attached hydrogen (secondary N) is 2. The van der Waals surface area contributed by atoms with Crippen molar-refractivity contribution in [2.45, 2.75) is 52.8 Å². The van der Waals surface area contributed by atoms with Gasteiger partial charge < -0.3 is 19.9 Å². The highest BCUT2D eigenvalue weighted by molar-refractivity contribution is 5.90. The fourth-order valence-electron chi connectivity index (χ4n) is 2.25. The van der Waals surface area contributed by atoms with Gasteiger partial charge in [0, 0.05) is 18.9 Å². The molecular formula is C18H26N4O2. The van der Waals surface area contributed by atoms with Gasteiger partial charge in [0.1, 0.15) is 11.6 Å². The molecule has 6 nitrogen and oxygen atoms in total. The SMILES string of the molecule is CCCn1ccnc1CNC(=O)Nc1ccccc1O[C@@H](C)CC. The minimum absolute atomic E-state index is 0.0949. The van der Waals surface area contributed by atoms with E-state index >= 15 is 0 Å². The van der Waals surface area contributed by atoms with Gasteiger partial charge in [0.2, 0.25) is 0 Å². The number of rotatable bonds is 8. The van der Waals surface area contributed by atoms with Crippen LogP contribution in [-0.4, -0.2) is 21.7 Å². The molecule has 2 N–H and O–H groups in total. The summed E-state index contributed by atoms with van der Waals surface area (Å²) >= 11 is 0. The number of ether oxygens (including phenoxy) is 1. The van der Waals surface area contributed by atoms with Crippen LogP contribution in [0, 0.1) is 0 Å². The van der Waals surface area contributed by atoms with E-state index in [4.69, 9.17) is 4.74 Å². The first-order valence-corrected chi connectivity index (χ1v) is 8.44. The minimum Gasteiger partial charge on any atom is -0.489 e. The molecule has 0 radical (unpaired) electrons. The number of urea groups is 1. The largest absolute Gasteiger partial charge is 0.489 e. The molecule has 2 rings (SSSR count). The van der Waals surface area contributed by atoms with Crippen molar-refractivity contribution in [3.63, 3.8) is 0 Å². The van der Waals surface area contributed by atoms with Gasteiger partial charge in [-0.2, -0.15) is 0 Å². The molecule has 0 aliphatic heterocycles. The zero-order valence-electron chi connectivity index (χ0n) is 14.6. The summed E-state index contributed by atoms with van der Waals surface area (Å²) < 4.78 is 7.88. The van der Waals surface area contributed by atoms with Crippen LogP contribution >= 0.6 is 0 Å². The minimum atomic E-state index is -0.277. The molecule has 2 aromatic rings. The van der Waals surface area contributed by atoms with E-state index < -0.39 is 0 Å². The first kappa shape index (κ1) is 17.8. The summed E-state index contributed by atoms with van der Waals surface area (Å²) in [5.41, 5.74) is 0.659. The Kier molecular flexibility index (Phi) is 6.66. The number of hydrogen-bond donors (Lipinski definition) is 2. The number of imidazole rings is 1. The number of anilines is 1. The predicted octanol–water partition coefficient (Wildman–Crippen LogP) is 3.79. The summed E-state index contributed by atoms with van der Waals surface area (Å²) in [5.74, 6) is 1.52. The quantitative estimate of drug-likeness (QED) is 0.774. The van der Waals surface area contributed by atoms with E-state index in [0.29, 0.717) is 18.0 Å². The molecule has 0 aliphatic carbocycles. The average molecular weight is 330 g/mol. The highest BCUT2D eigenvalue weighted by Crippen LogP contribution is 2.25. The Bertz CT molecular complexity index is 654. The number of aryl methyl sites for hydroxylation is 1. The Hall–Kier alpha value is -2.50. The van der Waals surface area contributed by atoms with E-state index in [-0.39, 0.29) is 12.1 Å². The molecule has 6 heteroatoms. The Morgan fingerprint density at radius 1 is 1.33 bits per heavy atom. The van der Waals surface area contributed by atoms with Crippen LogP contribution in [0.25, 0.3) is 0 Å². The molecule has 1 aromatic heterocycles. The van der Waals surface area contributed by atoms with Crippen molar-refractivity contribution in [3.8, 4) is 5.75 Å². The van der Waals surface area contributed by atoms with Gasteiger partial charge in [-0.3, -0.25) is 0 Å². The number of hydrogen-bond acceptors (Lipinski definition) is 3. The second-order valence-electron chi connectivity index (χ2n) is 5.68. The van der Waals surface area contributed by atoms with Crippen LogP contribution in [0.5, 0.6) is 5.75 Å². The molecule has 0 bridgehead atoms. The summed E-state index contributed by atoms with van der Waals surface area (Å²) in [6.07, 6.45) is 5.70. The van der Waals surface area contributed by atoms with Crippen molar-refractivity contribution < 1.29 is 9.53 Å². The van der Waals surface area contributed by atoms with E-state index in [0.717, 1.165) is 25.2 Å². The topological polar surface area (TPSA) is 68.2 Å². The lowest BCUT2D eigenvalue weighted by Crippen LogP contribution is -2.29. The van der Waals surface area contributed by atoms with E-state index in [2.05, 4.69) is 29.5 Å². The standard InChI is InChI=1S/C18H26N4O2/c1-4-11-22-12-10-19-17(22)13-20-18(23)21-15-8-6-7-9-16(15)24-14(3)5-2/h6-10,12,14H,4-5,11,13H2,1-3H3,(H2,20,21,23)/t14-/m0/s1. The molecule has 0 fully saturated rings. The van der Waals surface area contributed by atoms with Gasteiger partial charge in [-0.05, 0) is 31.9 Å². The predicted molar refractivity (Wildman–Crippen MR) is 95.2 cm³/mol. The van der Waals surface area contributed by atoms with Gasteiger partial charge in [0.05, 0.1) is 18.3 Å². The number of para-hydroxylation sites is 2. The Balaban J connectivity index is 1.94. The highest BCUT2D eigenvalue weighted by Gasteiger charge is 2.10. The van der Waals surface area contributed by atoms with Crippen molar-refractivity contribution in [2.75, 3.05) is 5.32 Å². The van der Waals surface area contributed by atoms with Gasteiger partial charge in [0.15, 0.2) is 0 Å². The summed E-state index contributed by atoms with van der Waals surface area (Å²) in [4.78, 5) is 16.4. The first-order valence-electron chi connectivity index (χ1n) is 8.44. The summed E-state index contributed by atoms with van der Waals surface area (Å²) in [5, 5.41) is 5.68. The molecule has 24 heavy (non-hydrogen) atoms. The third-order valence-electron chi connectivity index (χ3n) is 3.71. The van der Waals surface area contributed by atoms with Crippen LogP contribution in [-0.2, 0) is 13.1 Å². The summed E-state index contributed by atoms with van der Waals surface area (Å²) in [6.45, 7) is 7.45. The Morgan fingerprint density at radius 2 is 2.12 bits per heavy atom. The van der Waals surface area contributed by atoms with Gasteiger partial charge in [0.25, 0.3) is 0 Å². The fraction of sp³-hybridized carbons (Fsp3) is 0.444. The number of carbonyl (C=O) groups excluding carboxylic acids is 1. The van der Waals surface area contributed by atoms with Crippen LogP contribution in [0.4, 0.5) is 10.5 Å². The van der Waals surface area contributed by atoms with Crippen molar-refractivity contribution in [1.29, 1.82) is 0 Å². The van der Waals surface area contributed by atoms with Crippen LogP contribution in [0.1, 0.15) is 39.4 Å². The zero-order valence-corrected chi connectivity index (χ0v) is 14.6. The second-order valence-corrected chi connectivity index (χ2v) is 5.68. The molecule has 1 atom stereocenters. The summed E-state index contributed by atoms with van der Waals surface area (Å²) in [6, 6.07) is 7.17. The maximum absolute atomic E-state index is 12.2. The van der Waals surface area contributed by atoms with Crippen LogP contribution in [0.15, 0.2) is 36.7 Å². The Labute approximate surface area is 143 Å². The Morgan fingerprint density at radius 3 is 2.88 bits per heavy atom. The molecule has 2 amide bonds. The van der Waals surface area contributed by atoms with Crippen LogP contribution in [0.3, 0.4) is 0 Å². The maximum Gasteiger partial charge on any atom is 0.319 e. The second kappa shape index (κ2) is 8.96. The smallest absolute Gasteiger partial charge is 0.319 e. The van der Waals surface area contributed by atoms with Gasteiger partial charge in [-0.15, -0.1) is 0 Å². The van der Waals surface area contributed by atoms with Gasteiger partial charge in [-0.25, -0.2) is 9.78 Å². The number of benzene rings is 1. The van der Waals surface area contributed by atoms with Crippen molar-refractivity contribution in [3.05, 3.63) is 42.5 Å². The van der Waals surface area contributed by atoms with Crippen LogP contribution in [0.2, 0.25) is 0 Å². The number of carbonyl (C=O) groups is 1. The molecule has 0 aliphatic rings. The fourth-order valence-corrected chi connectivity index (χ4v) is 2.25. The van der Waals surface area contributed by atoms with Crippen molar-refractivity contribution in [2.24, 2.45) is 0 Å². The molecule has 1 aromatic carbocycles. The van der Waals surface area contributed by atoms with Gasteiger partial charge >= 0.3 is 6.03 Å². The van der Waals surface area contributed by atoms with Gasteiger partial charge in [-0.1, -0.05) is 26.0 Å². The number of nitrogens with zero attached hydrogens (tertiary/aromatic N) is 2. The average Bonchev–Trinajstić information content (AvgIpc) is 3.02. The van der Waals surface area contributed by atoms with Crippen molar-refractivity contribution >= 4 is 11.7 Å². The van der Waals surface area contributed by atoms with Crippen molar-refractivity contribution in [1.82, 2.24) is 14.9 Å². The van der Waals surface area contributed by atoms with Crippen LogP contribution < -0.4 is 15.4 Å². The highest BCUT2D eigenvalue weighted by atomic mass is 16.5. The molecule has 130 valence electrons. The third-order valence-corrected chi connectivity index (χ3v) is 3.71. The molecule has 1 heterocycles. The lowest BCUT2D eigenvalue weighted by molar-refractivity contribution is 0.218. The number of amides is 2. The zero-order chi connectivity index (χ0) is 17.4. The molecule has 0 saturated carbocycles. The molecule has 0 spiro atoms. The third kappa shape index (κ3) is 5.01. The lowest BCUT2D eigenvalue weighted by Gasteiger charge is -2.16.